The first-order valence-corrected chi connectivity index (χ1v) is 9.31. The van der Waals surface area contributed by atoms with Crippen LogP contribution in [0.15, 0.2) is 29.0 Å². The first-order chi connectivity index (χ1) is 12.7. The second-order valence-corrected chi connectivity index (χ2v) is 7.25. The summed E-state index contributed by atoms with van der Waals surface area (Å²) in [7, 11) is 0. The number of likely N-dealkylation sites (tertiary alicyclic amines) is 1. The molecule has 26 heavy (non-hydrogen) atoms. The number of ether oxygens (including phenoxy) is 1. The highest BCUT2D eigenvalue weighted by Gasteiger charge is 2.51. The molecule has 2 saturated heterocycles. The van der Waals surface area contributed by atoms with Crippen LogP contribution < -0.4 is 0 Å². The van der Waals surface area contributed by atoms with E-state index in [4.69, 9.17) is 9.26 Å². The molecule has 1 spiro atoms. The highest BCUT2D eigenvalue weighted by atomic mass is 16.5. The number of nitrogens with zero attached hydrogens (tertiary/aromatic N) is 4. The summed E-state index contributed by atoms with van der Waals surface area (Å²) in [5, 5.41) is 4.15. The van der Waals surface area contributed by atoms with E-state index < -0.39 is 0 Å². The van der Waals surface area contributed by atoms with E-state index in [0.717, 1.165) is 44.6 Å². The minimum Gasteiger partial charge on any atom is -0.381 e. The van der Waals surface area contributed by atoms with Gasteiger partial charge in [0.1, 0.15) is 0 Å². The molecule has 4 rings (SSSR count). The molecule has 2 aliphatic rings. The van der Waals surface area contributed by atoms with E-state index in [0.29, 0.717) is 24.7 Å². The molecule has 0 saturated carbocycles. The van der Waals surface area contributed by atoms with Crippen molar-refractivity contribution in [3.05, 3.63) is 30.4 Å². The summed E-state index contributed by atoms with van der Waals surface area (Å²) in [4.78, 5) is 23.2. The first kappa shape index (κ1) is 17.1. The van der Waals surface area contributed by atoms with Gasteiger partial charge in [-0.05, 0) is 31.4 Å². The van der Waals surface area contributed by atoms with Crippen LogP contribution in [0, 0.1) is 5.41 Å². The van der Waals surface area contributed by atoms with Gasteiger partial charge in [0.2, 0.25) is 17.6 Å². The van der Waals surface area contributed by atoms with Gasteiger partial charge in [-0.15, -0.1) is 0 Å². The van der Waals surface area contributed by atoms with Crippen molar-refractivity contribution in [2.75, 3.05) is 26.3 Å². The van der Waals surface area contributed by atoms with Crippen LogP contribution >= 0.6 is 0 Å². The third-order valence-corrected chi connectivity index (χ3v) is 5.61. The van der Waals surface area contributed by atoms with Crippen LogP contribution in [-0.2, 0) is 9.53 Å². The van der Waals surface area contributed by atoms with Crippen molar-refractivity contribution < 1.29 is 14.1 Å². The van der Waals surface area contributed by atoms with Gasteiger partial charge in [0.15, 0.2) is 0 Å². The zero-order valence-corrected chi connectivity index (χ0v) is 15.1. The Kier molecular flexibility index (Phi) is 4.72. The number of aromatic nitrogens is 3. The average molecular weight is 356 g/mol. The van der Waals surface area contributed by atoms with Crippen molar-refractivity contribution in [3.63, 3.8) is 0 Å². The molecular formula is C19H24N4O3. The van der Waals surface area contributed by atoms with Crippen LogP contribution in [0.2, 0.25) is 0 Å². The molecule has 4 heterocycles. The van der Waals surface area contributed by atoms with Gasteiger partial charge in [-0.25, -0.2) is 0 Å². The molecule has 1 unspecified atom stereocenters. The summed E-state index contributed by atoms with van der Waals surface area (Å²) in [5.74, 6) is 1.45. The molecule has 0 radical (unpaired) electrons. The Morgan fingerprint density at radius 1 is 1.38 bits per heavy atom. The summed E-state index contributed by atoms with van der Waals surface area (Å²) < 4.78 is 11.2. The highest BCUT2D eigenvalue weighted by molar-refractivity contribution is 5.76. The molecule has 1 atom stereocenters. The largest absolute Gasteiger partial charge is 0.381 e. The standard InChI is InChI=1S/C19H24N4O3/c1-2-4-16(24)23-12-15(19(13-23)6-9-25-10-7-19)18-21-17(22-26-18)14-5-3-8-20-11-14/h3,5,8,11,15H,2,4,6-7,9-10,12-13H2,1H3. The van der Waals surface area contributed by atoms with Crippen LogP contribution in [0.5, 0.6) is 0 Å². The molecule has 2 aromatic rings. The fraction of sp³-hybridized carbons (Fsp3) is 0.579. The van der Waals surface area contributed by atoms with E-state index in [9.17, 15) is 4.79 Å². The second-order valence-electron chi connectivity index (χ2n) is 7.25. The van der Waals surface area contributed by atoms with E-state index in [2.05, 4.69) is 15.1 Å². The molecule has 0 aromatic carbocycles. The molecular weight excluding hydrogens is 332 g/mol. The minimum absolute atomic E-state index is 0.0274. The van der Waals surface area contributed by atoms with E-state index in [-0.39, 0.29) is 17.2 Å². The van der Waals surface area contributed by atoms with Gasteiger partial charge < -0.3 is 14.2 Å². The Hall–Kier alpha value is -2.28. The summed E-state index contributed by atoms with van der Waals surface area (Å²) in [6, 6.07) is 3.77. The second kappa shape index (κ2) is 7.15. The number of rotatable bonds is 4. The lowest BCUT2D eigenvalue weighted by Gasteiger charge is -2.36. The van der Waals surface area contributed by atoms with Crippen LogP contribution in [0.1, 0.15) is 44.4 Å². The van der Waals surface area contributed by atoms with Gasteiger partial charge in [0, 0.05) is 56.1 Å². The van der Waals surface area contributed by atoms with Gasteiger partial charge >= 0.3 is 0 Å². The predicted octanol–water partition coefficient (Wildman–Crippen LogP) is 2.65. The van der Waals surface area contributed by atoms with Crippen molar-refractivity contribution in [2.24, 2.45) is 5.41 Å². The van der Waals surface area contributed by atoms with Crippen LogP contribution in [0.4, 0.5) is 0 Å². The maximum atomic E-state index is 12.5. The van der Waals surface area contributed by atoms with Crippen molar-refractivity contribution >= 4 is 5.91 Å². The lowest BCUT2D eigenvalue weighted by Crippen LogP contribution is -2.37. The van der Waals surface area contributed by atoms with Crippen molar-refractivity contribution in [2.45, 2.75) is 38.5 Å². The molecule has 7 heteroatoms. The summed E-state index contributed by atoms with van der Waals surface area (Å²) >= 11 is 0. The number of hydrogen-bond acceptors (Lipinski definition) is 6. The Labute approximate surface area is 152 Å². The van der Waals surface area contributed by atoms with Gasteiger partial charge in [-0.1, -0.05) is 12.1 Å². The fourth-order valence-corrected chi connectivity index (χ4v) is 4.14. The highest BCUT2D eigenvalue weighted by Crippen LogP contribution is 2.49. The summed E-state index contributed by atoms with van der Waals surface area (Å²) in [5.41, 5.74) is 0.806. The maximum Gasteiger partial charge on any atom is 0.232 e. The molecule has 0 bridgehead atoms. The van der Waals surface area contributed by atoms with E-state index in [1.807, 2.05) is 24.0 Å². The normalized spacial score (nSPS) is 22.0. The van der Waals surface area contributed by atoms with E-state index >= 15 is 0 Å². The first-order valence-electron chi connectivity index (χ1n) is 9.31. The Bertz CT molecular complexity index is 755. The monoisotopic (exact) mass is 356 g/mol. The number of carbonyl (C=O) groups excluding carboxylic acids is 1. The minimum atomic E-state index is -0.0274. The van der Waals surface area contributed by atoms with Gasteiger partial charge in [0.05, 0.1) is 5.92 Å². The molecule has 2 aliphatic heterocycles. The summed E-state index contributed by atoms with van der Waals surface area (Å²) in [6.07, 6.45) is 6.72. The summed E-state index contributed by atoms with van der Waals surface area (Å²) in [6.45, 7) is 4.87. The van der Waals surface area contributed by atoms with Crippen molar-refractivity contribution in [3.8, 4) is 11.4 Å². The van der Waals surface area contributed by atoms with Gasteiger partial charge in [-0.2, -0.15) is 4.98 Å². The lowest BCUT2D eigenvalue weighted by atomic mass is 9.72. The molecule has 0 N–H and O–H groups in total. The predicted molar refractivity (Wildman–Crippen MR) is 94.2 cm³/mol. The quantitative estimate of drug-likeness (QED) is 0.838. The molecule has 2 aromatic heterocycles. The zero-order chi connectivity index (χ0) is 18.0. The van der Waals surface area contributed by atoms with Crippen LogP contribution in [0.3, 0.4) is 0 Å². The number of carbonyl (C=O) groups is 1. The Balaban J connectivity index is 1.62. The van der Waals surface area contributed by atoms with E-state index in [1.165, 1.54) is 0 Å². The zero-order valence-electron chi connectivity index (χ0n) is 15.1. The number of pyridine rings is 1. The molecule has 7 nitrogen and oxygen atoms in total. The maximum absolute atomic E-state index is 12.5. The van der Waals surface area contributed by atoms with Crippen molar-refractivity contribution in [1.29, 1.82) is 0 Å². The van der Waals surface area contributed by atoms with Gasteiger partial charge in [0.25, 0.3) is 0 Å². The van der Waals surface area contributed by atoms with E-state index in [1.54, 1.807) is 12.4 Å². The number of amides is 1. The smallest absolute Gasteiger partial charge is 0.232 e. The topological polar surface area (TPSA) is 81.4 Å². The Morgan fingerprint density at radius 2 is 2.23 bits per heavy atom. The van der Waals surface area contributed by atoms with Crippen LogP contribution in [-0.4, -0.2) is 52.2 Å². The molecule has 0 aliphatic carbocycles. The average Bonchev–Trinajstić information content (AvgIpc) is 3.29. The third kappa shape index (κ3) is 3.11. The van der Waals surface area contributed by atoms with Crippen molar-refractivity contribution in [1.82, 2.24) is 20.0 Å². The van der Waals surface area contributed by atoms with Crippen LogP contribution in [0.25, 0.3) is 11.4 Å². The Morgan fingerprint density at radius 3 is 2.96 bits per heavy atom. The van der Waals surface area contributed by atoms with Gasteiger partial charge in [-0.3, -0.25) is 9.78 Å². The third-order valence-electron chi connectivity index (χ3n) is 5.61. The lowest BCUT2D eigenvalue weighted by molar-refractivity contribution is -0.130. The molecule has 2 fully saturated rings. The molecule has 138 valence electrons. The molecule has 1 amide bonds. The fourth-order valence-electron chi connectivity index (χ4n) is 4.14. The number of hydrogen-bond donors (Lipinski definition) is 0. The SMILES string of the molecule is CCCC(=O)N1CC(c2nc(-c3cccnc3)no2)C2(CCOCC2)C1.